The molecule has 2 aromatic heterocycles. The summed E-state index contributed by atoms with van der Waals surface area (Å²) in [5.41, 5.74) is 1.45. The second-order valence-corrected chi connectivity index (χ2v) is 5.21. The van der Waals surface area contributed by atoms with Crippen molar-refractivity contribution in [1.82, 2.24) is 20.0 Å². The lowest BCUT2D eigenvalue weighted by Crippen LogP contribution is -2.16. The molecule has 0 unspecified atom stereocenters. The maximum atomic E-state index is 11.9. The molecule has 96 valence electrons. The predicted molar refractivity (Wildman–Crippen MR) is 68.4 cm³/mol. The fraction of sp³-hybridized carbons (Fsp3) is 0.417. The van der Waals surface area contributed by atoms with Crippen LogP contribution in [0.2, 0.25) is 0 Å². The van der Waals surface area contributed by atoms with Gasteiger partial charge in [0, 0.05) is 30.4 Å². The third-order valence-corrected chi connectivity index (χ3v) is 2.68. The highest BCUT2D eigenvalue weighted by Crippen LogP contribution is 2.22. The molecular formula is C12H17N5O. The summed E-state index contributed by atoms with van der Waals surface area (Å²) in [6.07, 6.45) is 1.58. The van der Waals surface area contributed by atoms with Crippen LogP contribution in [0.3, 0.4) is 0 Å². The summed E-state index contributed by atoms with van der Waals surface area (Å²) in [6.45, 7) is 6.23. The summed E-state index contributed by atoms with van der Waals surface area (Å²) in [5, 5.41) is 13.7. The van der Waals surface area contributed by atoms with Crippen LogP contribution in [-0.4, -0.2) is 25.9 Å². The molecule has 0 aliphatic carbocycles. The zero-order valence-electron chi connectivity index (χ0n) is 11.0. The number of carbonyl (C=O) groups is 1. The van der Waals surface area contributed by atoms with Crippen LogP contribution in [0, 0.1) is 0 Å². The zero-order chi connectivity index (χ0) is 13.3. The first kappa shape index (κ1) is 12.3. The van der Waals surface area contributed by atoms with Gasteiger partial charge in [-0.25, -0.2) is 0 Å². The molecule has 2 heterocycles. The molecule has 1 amide bonds. The number of aromatic nitrogens is 4. The Morgan fingerprint density at radius 1 is 1.44 bits per heavy atom. The molecule has 0 saturated carbocycles. The van der Waals surface area contributed by atoms with Crippen LogP contribution in [0.4, 0.5) is 5.82 Å². The molecule has 0 spiro atoms. The van der Waals surface area contributed by atoms with E-state index < -0.39 is 0 Å². The van der Waals surface area contributed by atoms with Gasteiger partial charge in [0.2, 0.25) is 0 Å². The van der Waals surface area contributed by atoms with Gasteiger partial charge in [-0.1, -0.05) is 20.8 Å². The van der Waals surface area contributed by atoms with E-state index >= 15 is 0 Å². The van der Waals surface area contributed by atoms with Crippen LogP contribution < -0.4 is 5.32 Å². The lowest BCUT2D eigenvalue weighted by atomic mass is 9.92. The van der Waals surface area contributed by atoms with E-state index in [2.05, 4.69) is 41.4 Å². The van der Waals surface area contributed by atoms with Crippen LogP contribution >= 0.6 is 0 Å². The van der Waals surface area contributed by atoms with Gasteiger partial charge in [0.1, 0.15) is 5.69 Å². The molecule has 2 N–H and O–H groups in total. The Hall–Kier alpha value is -2.11. The number of hydrogen-bond donors (Lipinski definition) is 2. The predicted octanol–water partition coefficient (Wildman–Crippen LogP) is 1.69. The lowest BCUT2D eigenvalue weighted by molar-refractivity contribution is 0.101. The van der Waals surface area contributed by atoms with E-state index in [1.807, 2.05) is 6.07 Å². The fourth-order valence-corrected chi connectivity index (χ4v) is 1.55. The Morgan fingerprint density at radius 2 is 2.17 bits per heavy atom. The van der Waals surface area contributed by atoms with Crippen LogP contribution in [0.5, 0.6) is 0 Å². The molecule has 0 bridgehead atoms. The normalized spacial score (nSPS) is 11.6. The van der Waals surface area contributed by atoms with Crippen molar-refractivity contribution in [2.75, 3.05) is 5.32 Å². The number of H-pyrrole nitrogens is 1. The van der Waals surface area contributed by atoms with Gasteiger partial charge >= 0.3 is 0 Å². The van der Waals surface area contributed by atoms with Crippen LogP contribution in [0.15, 0.2) is 18.3 Å². The summed E-state index contributed by atoms with van der Waals surface area (Å²) in [6, 6.07) is 3.50. The van der Waals surface area contributed by atoms with Crippen molar-refractivity contribution in [3.05, 3.63) is 29.7 Å². The Kier molecular flexibility index (Phi) is 2.94. The number of nitrogens with one attached hydrogen (secondary N) is 2. The maximum absolute atomic E-state index is 11.9. The first-order valence-electron chi connectivity index (χ1n) is 5.73. The SMILES string of the molecule is Cn1nccc1C(=O)Nc1cc(C(C)(C)C)[nH]n1. The highest BCUT2D eigenvalue weighted by atomic mass is 16.2. The van der Waals surface area contributed by atoms with Crippen molar-refractivity contribution in [2.45, 2.75) is 26.2 Å². The van der Waals surface area contributed by atoms with Gasteiger partial charge < -0.3 is 5.32 Å². The largest absolute Gasteiger partial charge is 0.304 e. The van der Waals surface area contributed by atoms with E-state index in [0.29, 0.717) is 11.5 Å². The van der Waals surface area contributed by atoms with Gasteiger partial charge in [-0.2, -0.15) is 10.2 Å². The molecule has 0 aliphatic heterocycles. The number of amides is 1. The van der Waals surface area contributed by atoms with Gasteiger partial charge in [-0.15, -0.1) is 0 Å². The Balaban J connectivity index is 2.13. The first-order chi connectivity index (χ1) is 8.38. The van der Waals surface area contributed by atoms with Gasteiger partial charge in [0.25, 0.3) is 5.91 Å². The number of aryl methyl sites for hydroxylation is 1. The summed E-state index contributed by atoms with van der Waals surface area (Å²) >= 11 is 0. The van der Waals surface area contributed by atoms with Gasteiger partial charge in [-0.3, -0.25) is 14.6 Å². The van der Waals surface area contributed by atoms with E-state index in [9.17, 15) is 4.79 Å². The molecule has 0 fully saturated rings. The number of aromatic amines is 1. The van der Waals surface area contributed by atoms with Crippen LogP contribution in [-0.2, 0) is 12.5 Å². The van der Waals surface area contributed by atoms with Crippen molar-refractivity contribution in [3.63, 3.8) is 0 Å². The number of carbonyl (C=O) groups excluding carboxylic acids is 1. The number of hydrogen-bond acceptors (Lipinski definition) is 3. The molecular weight excluding hydrogens is 230 g/mol. The molecule has 0 atom stereocenters. The quantitative estimate of drug-likeness (QED) is 0.848. The molecule has 2 rings (SSSR count). The second kappa shape index (κ2) is 4.29. The van der Waals surface area contributed by atoms with Crippen molar-refractivity contribution >= 4 is 11.7 Å². The zero-order valence-corrected chi connectivity index (χ0v) is 11.0. The second-order valence-electron chi connectivity index (χ2n) is 5.21. The van der Waals surface area contributed by atoms with Crippen molar-refractivity contribution in [2.24, 2.45) is 7.05 Å². The van der Waals surface area contributed by atoms with E-state index in [4.69, 9.17) is 0 Å². The van der Waals surface area contributed by atoms with Crippen LogP contribution in [0.1, 0.15) is 37.0 Å². The Labute approximate surface area is 105 Å². The van der Waals surface area contributed by atoms with Crippen molar-refractivity contribution in [3.8, 4) is 0 Å². The molecule has 6 heteroatoms. The monoisotopic (exact) mass is 247 g/mol. The summed E-state index contributed by atoms with van der Waals surface area (Å²) in [5.74, 6) is 0.299. The standard InChI is InChI=1S/C12H17N5O/c1-12(2,3)9-7-10(16-15-9)14-11(18)8-5-6-13-17(8)4/h5-7H,1-4H3,(H2,14,15,16,18). The number of anilines is 1. The smallest absolute Gasteiger partial charge is 0.275 e. The van der Waals surface area contributed by atoms with Crippen molar-refractivity contribution in [1.29, 1.82) is 0 Å². The van der Waals surface area contributed by atoms with Crippen molar-refractivity contribution < 1.29 is 4.79 Å². The highest BCUT2D eigenvalue weighted by molar-refractivity contribution is 6.02. The molecule has 18 heavy (non-hydrogen) atoms. The van der Waals surface area contributed by atoms with Gasteiger partial charge in [0.15, 0.2) is 5.82 Å². The van der Waals surface area contributed by atoms with Gasteiger partial charge in [-0.05, 0) is 6.07 Å². The van der Waals surface area contributed by atoms with E-state index in [0.717, 1.165) is 5.69 Å². The minimum absolute atomic E-state index is 0.0253. The summed E-state index contributed by atoms with van der Waals surface area (Å²) in [7, 11) is 1.72. The van der Waals surface area contributed by atoms with E-state index in [-0.39, 0.29) is 11.3 Å². The Morgan fingerprint density at radius 3 is 2.67 bits per heavy atom. The third kappa shape index (κ3) is 2.42. The molecule has 6 nitrogen and oxygen atoms in total. The van der Waals surface area contributed by atoms with Gasteiger partial charge in [0.05, 0.1) is 0 Å². The lowest BCUT2D eigenvalue weighted by Gasteiger charge is -2.14. The minimum Gasteiger partial charge on any atom is -0.304 e. The maximum Gasteiger partial charge on any atom is 0.275 e. The molecule has 0 radical (unpaired) electrons. The summed E-state index contributed by atoms with van der Waals surface area (Å²) in [4.78, 5) is 11.9. The first-order valence-corrected chi connectivity index (χ1v) is 5.73. The number of rotatable bonds is 2. The average molecular weight is 247 g/mol. The number of nitrogens with zero attached hydrogens (tertiary/aromatic N) is 3. The summed E-state index contributed by atoms with van der Waals surface area (Å²) < 4.78 is 1.52. The molecule has 2 aromatic rings. The minimum atomic E-state index is -0.220. The third-order valence-electron chi connectivity index (χ3n) is 2.68. The van der Waals surface area contributed by atoms with E-state index in [1.54, 1.807) is 19.3 Å². The molecule has 0 aliphatic rings. The topological polar surface area (TPSA) is 75.6 Å². The van der Waals surface area contributed by atoms with E-state index in [1.165, 1.54) is 4.68 Å². The highest BCUT2D eigenvalue weighted by Gasteiger charge is 2.18. The Bertz CT molecular complexity index is 561. The fourth-order valence-electron chi connectivity index (χ4n) is 1.55. The van der Waals surface area contributed by atoms with Crippen LogP contribution in [0.25, 0.3) is 0 Å². The molecule has 0 saturated heterocycles. The average Bonchev–Trinajstić information content (AvgIpc) is 2.85. The molecule has 0 aromatic carbocycles.